The fourth-order valence-electron chi connectivity index (χ4n) is 2.80. The number of ether oxygens (including phenoxy) is 2. The van der Waals surface area contributed by atoms with Crippen LogP contribution in [0.1, 0.15) is 27.7 Å². The molecule has 112 valence electrons. The third-order valence-electron chi connectivity index (χ3n) is 3.42. The largest absolute Gasteiger partial charge is 0.373 e. The van der Waals surface area contributed by atoms with E-state index >= 15 is 0 Å². The number of morpholine rings is 2. The van der Waals surface area contributed by atoms with Crippen LogP contribution in [0.4, 0.5) is 0 Å². The highest BCUT2D eigenvalue weighted by atomic mass is 32.2. The second-order valence-corrected chi connectivity index (χ2v) is 7.58. The number of rotatable bonds is 2. The van der Waals surface area contributed by atoms with E-state index in [0.717, 1.165) is 0 Å². The first-order chi connectivity index (χ1) is 8.79. The van der Waals surface area contributed by atoms with Gasteiger partial charge in [0.05, 0.1) is 24.4 Å². The van der Waals surface area contributed by atoms with Gasteiger partial charge in [-0.3, -0.25) is 0 Å². The highest BCUT2D eigenvalue weighted by Gasteiger charge is 2.38. The first kappa shape index (κ1) is 15.2. The molecule has 0 amide bonds. The molecular formula is C12H24N2O4S. The van der Waals surface area contributed by atoms with E-state index < -0.39 is 10.2 Å². The van der Waals surface area contributed by atoms with E-state index in [-0.39, 0.29) is 24.4 Å². The van der Waals surface area contributed by atoms with Crippen molar-refractivity contribution in [2.45, 2.75) is 52.1 Å². The summed E-state index contributed by atoms with van der Waals surface area (Å²) in [6, 6.07) is 0. The summed E-state index contributed by atoms with van der Waals surface area (Å²) in [4.78, 5) is 0. The van der Waals surface area contributed by atoms with E-state index in [1.807, 2.05) is 27.7 Å². The number of hydrogen-bond acceptors (Lipinski definition) is 4. The van der Waals surface area contributed by atoms with Gasteiger partial charge >= 0.3 is 0 Å². The Hall–Kier alpha value is -0.210. The molecule has 0 aromatic rings. The SMILES string of the molecule is CC1CN(S(=O)(=O)N2CC(C)OC(C)C2)CC(C)O1. The van der Waals surface area contributed by atoms with Crippen molar-refractivity contribution in [3.05, 3.63) is 0 Å². The summed E-state index contributed by atoms with van der Waals surface area (Å²) < 4.78 is 39.6. The van der Waals surface area contributed by atoms with Crippen molar-refractivity contribution in [1.82, 2.24) is 8.61 Å². The van der Waals surface area contributed by atoms with Crippen molar-refractivity contribution in [1.29, 1.82) is 0 Å². The highest BCUT2D eigenvalue weighted by Crippen LogP contribution is 2.21. The molecule has 4 unspecified atom stereocenters. The van der Waals surface area contributed by atoms with Crippen molar-refractivity contribution in [3.63, 3.8) is 0 Å². The zero-order valence-corrected chi connectivity index (χ0v) is 12.9. The minimum absolute atomic E-state index is 0.0607. The Morgan fingerprint density at radius 1 is 0.737 bits per heavy atom. The van der Waals surface area contributed by atoms with Crippen LogP contribution in [0.3, 0.4) is 0 Å². The lowest BCUT2D eigenvalue weighted by Crippen LogP contribution is -2.57. The third kappa shape index (κ3) is 3.46. The molecule has 2 saturated heterocycles. The zero-order chi connectivity index (χ0) is 14.2. The van der Waals surface area contributed by atoms with Gasteiger partial charge in [-0.1, -0.05) is 0 Å². The van der Waals surface area contributed by atoms with Gasteiger partial charge in [-0.2, -0.15) is 17.0 Å². The number of nitrogens with zero attached hydrogens (tertiary/aromatic N) is 2. The molecule has 4 atom stereocenters. The van der Waals surface area contributed by atoms with Crippen molar-refractivity contribution >= 4 is 10.2 Å². The summed E-state index contributed by atoms with van der Waals surface area (Å²) in [5.41, 5.74) is 0. The molecule has 2 heterocycles. The lowest BCUT2D eigenvalue weighted by molar-refractivity contribution is -0.0567. The van der Waals surface area contributed by atoms with Gasteiger partial charge in [0.25, 0.3) is 10.2 Å². The van der Waals surface area contributed by atoms with Crippen molar-refractivity contribution in [3.8, 4) is 0 Å². The Morgan fingerprint density at radius 3 is 1.26 bits per heavy atom. The lowest BCUT2D eigenvalue weighted by Gasteiger charge is -2.40. The van der Waals surface area contributed by atoms with Crippen molar-refractivity contribution < 1.29 is 17.9 Å². The standard InChI is InChI=1S/C12H24N2O4S/c1-9-5-13(6-10(2)17-9)19(15,16)14-7-11(3)18-12(4)8-14/h9-12H,5-8H2,1-4H3. The topological polar surface area (TPSA) is 59.1 Å². The fourth-order valence-corrected chi connectivity index (χ4v) is 4.72. The highest BCUT2D eigenvalue weighted by molar-refractivity contribution is 7.86. The molecular weight excluding hydrogens is 268 g/mol. The van der Waals surface area contributed by atoms with Gasteiger partial charge in [-0.25, -0.2) is 0 Å². The summed E-state index contributed by atoms with van der Waals surface area (Å²) in [7, 11) is -3.41. The normalized spacial score (nSPS) is 39.4. The van der Waals surface area contributed by atoms with Gasteiger partial charge in [0.15, 0.2) is 0 Å². The molecule has 2 fully saturated rings. The average molecular weight is 292 g/mol. The van der Waals surface area contributed by atoms with Gasteiger partial charge in [0.2, 0.25) is 0 Å². The Labute approximate surface area is 115 Å². The Morgan fingerprint density at radius 2 is 1.00 bits per heavy atom. The van der Waals surface area contributed by atoms with Crippen LogP contribution in [0.5, 0.6) is 0 Å². The molecule has 6 nitrogen and oxygen atoms in total. The van der Waals surface area contributed by atoms with Gasteiger partial charge in [0.1, 0.15) is 0 Å². The van der Waals surface area contributed by atoms with Gasteiger partial charge in [0, 0.05) is 26.2 Å². The molecule has 0 radical (unpaired) electrons. The second-order valence-electron chi connectivity index (χ2n) is 5.66. The zero-order valence-electron chi connectivity index (χ0n) is 12.1. The monoisotopic (exact) mass is 292 g/mol. The Balaban J connectivity index is 2.12. The smallest absolute Gasteiger partial charge is 0.282 e. The fraction of sp³-hybridized carbons (Fsp3) is 1.00. The molecule has 2 aliphatic rings. The van der Waals surface area contributed by atoms with Crippen LogP contribution >= 0.6 is 0 Å². The van der Waals surface area contributed by atoms with Crippen LogP contribution in [-0.2, 0) is 19.7 Å². The molecule has 0 spiro atoms. The predicted octanol–water partition coefficient (Wildman–Crippen LogP) is 0.450. The maximum absolute atomic E-state index is 12.7. The molecule has 0 aliphatic carbocycles. The van der Waals surface area contributed by atoms with Crippen LogP contribution in [-0.4, -0.2) is 67.6 Å². The molecule has 0 N–H and O–H groups in total. The maximum atomic E-state index is 12.7. The van der Waals surface area contributed by atoms with E-state index in [1.165, 1.54) is 8.61 Å². The van der Waals surface area contributed by atoms with Gasteiger partial charge in [-0.15, -0.1) is 0 Å². The Bertz CT molecular complexity index is 362. The minimum atomic E-state index is -3.41. The molecule has 0 saturated carbocycles. The molecule has 19 heavy (non-hydrogen) atoms. The summed E-state index contributed by atoms with van der Waals surface area (Å²) in [5.74, 6) is 0. The van der Waals surface area contributed by atoms with E-state index in [4.69, 9.17) is 9.47 Å². The van der Waals surface area contributed by atoms with Gasteiger partial charge < -0.3 is 9.47 Å². The minimum Gasteiger partial charge on any atom is -0.373 e. The van der Waals surface area contributed by atoms with Crippen LogP contribution in [0, 0.1) is 0 Å². The van der Waals surface area contributed by atoms with Crippen molar-refractivity contribution in [2.24, 2.45) is 0 Å². The summed E-state index contributed by atoms with van der Waals surface area (Å²) >= 11 is 0. The molecule has 0 aromatic heterocycles. The van der Waals surface area contributed by atoms with E-state index in [0.29, 0.717) is 26.2 Å². The van der Waals surface area contributed by atoms with Crippen LogP contribution in [0.15, 0.2) is 0 Å². The molecule has 0 aromatic carbocycles. The summed E-state index contributed by atoms with van der Waals surface area (Å²) in [5, 5.41) is 0. The average Bonchev–Trinajstić information content (AvgIpc) is 2.26. The lowest BCUT2D eigenvalue weighted by atomic mass is 10.3. The number of hydrogen-bond donors (Lipinski definition) is 0. The molecule has 7 heteroatoms. The van der Waals surface area contributed by atoms with Crippen LogP contribution in [0.25, 0.3) is 0 Å². The van der Waals surface area contributed by atoms with E-state index in [1.54, 1.807) is 0 Å². The first-order valence-electron chi connectivity index (χ1n) is 6.85. The van der Waals surface area contributed by atoms with Gasteiger partial charge in [-0.05, 0) is 27.7 Å². The molecule has 0 bridgehead atoms. The summed E-state index contributed by atoms with van der Waals surface area (Å²) in [6.07, 6.45) is -0.243. The second kappa shape index (κ2) is 5.65. The van der Waals surface area contributed by atoms with Crippen molar-refractivity contribution in [2.75, 3.05) is 26.2 Å². The first-order valence-corrected chi connectivity index (χ1v) is 8.25. The molecule has 2 rings (SSSR count). The Kier molecular flexibility index (Phi) is 4.52. The van der Waals surface area contributed by atoms with E-state index in [9.17, 15) is 8.42 Å². The summed E-state index contributed by atoms with van der Waals surface area (Å²) in [6.45, 7) is 9.32. The third-order valence-corrected chi connectivity index (χ3v) is 5.33. The maximum Gasteiger partial charge on any atom is 0.282 e. The predicted molar refractivity (Wildman–Crippen MR) is 72.1 cm³/mol. The molecule has 2 aliphatic heterocycles. The van der Waals surface area contributed by atoms with E-state index in [2.05, 4.69) is 0 Å². The quantitative estimate of drug-likeness (QED) is 0.741. The van der Waals surface area contributed by atoms with Crippen LogP contribution in [0.2, 0.25) is 0 Å². The van der Waals surface area contributed by atoms with Crippen LogP contribution < -0.4 is 0 Å².